The number of hydrogen-bond acceptors (Lipinski definition) is 4. The van der Waals surface area contributed by atoms with E-state index in [0.717, 1.165) is 41.6 Å². The third-order valence-electron chi connectivity index (χ3n) is 3.66. The first-order valence-corrected chi connectivity index (χ1v) is 9.22. The molecule has 142 valence electrons. The van der Waals surface area contributed by atoms with Crippen LogP contribution in [0.1, 0.15) is 22.7 Å². The number of aliphatic imine (C=N–C) groups is 1. The van der Waals surface area contributed by atoms with Crippen molar-refractivity contribution in [3.63, 3.8) is 0 Å². The van der Waals surface area contributed by atoms with Crippen LogP contribution in [-0.2, 0) is 13.0 Å². The molecule has 1 heterocycles. The number of hydrogen-bond donors (Lipinski definition) is 1. The van der Waals surface area contributed by atoms with Crippen LogP contribution in [0, 0.1) is 6.92 Å². The van der Waals surface area contributed by atoms with Crippen molar-refractivity contribution >= 4 is 17.3 Å². The SMILES string of the molecule is CN=C(NCCCc1nc(C)cs1)N(C)Cc1ccc(OC(F)F)cc1. The summed E-state index contributed by atoms with van der Waals surface area (Å²) in [5.74, 6) is 0.944. The number of alkyl halides is 2. The van der Waals surface area contributed by atoms with Gasteiger partial charge in [0.15, 0.2) is 5.96 Å². The lowest BCUT2D eigenvalue weighted by atomic mass is 10.2. The van der Waals surface area contributed by atoms with E-state index in [9.17, 15) is 8.78 Å². The average molecular weight is 382 g/mol. The average Bonchev–Trinajstić information content (AvgIpc) is 3.01. The summed E-state index contributed by atoms with van der Waals surface area (Å²) >= 11 is 1.69. The van der Waals surface area contributed by atoms with Crippen LogP contribution in [0.5, 0.6) is 5.75 Å². The van der Waals surface area contributed by atoms with Crippen LogP contribution in [0.4, 0.5) is 8.78 Å². The molecule has 0 atom stereocenters. The molecule has 5 nitrogen and oxygen atoms in total. The van der Waals surface area contributed by atoms with Crippen molar-refractivity contribution in [3.8, 4) is 5.75 Å². The maximum Gasteiger partial charge on any atom is 0.387 e. The maximum absolute atomic E-state index is 12.2. The second-order valence-electron chi connectivity index (χ2n) is 5.84. The van der Waals surface area contributed by atoms with Gasteiger partial charge in [0, 0.05) is 44.7 Å². The van der Waals surface area contributed by atoms with E-state index in [4.69, 9.17) is 0 Å². The van der Waals surface area contributed by atoms with Crippen molar-refractivity contribution in [3.05, 3.63) is 45.9 Å². The molecule has 0 aliphatic rings. The van der Waals surface area contributed by atoms with E-state index in [1.165, 1.54) is 0 Å². The molecule has 26 heavy (non-hydrogen) atoms. The zero-order valence-corrected chi connectivity index (χ0v) is 16.0. The Bertz CT molecular complexity index is 703. The highest BCUT2D eigenvalue weighted by molar-refractivity contribution is 7.09. The highest BCUT2D eigenvalue weighted by Gasteiger charge is 2.08. The van der Waals surface area contributed by atoms with Gasteiger partial charge in [-0.2, -0.15) is 8.78 Å². The first-order valence-electron chi connectivity index (χ1n) is 8.34. The summed E-state index contributed by atoms with van der Waals surface area (Å²) in [5, 5.41) is 6.55. The second-order valence-corrected chi connectivity index (χ2v) is 6.78. The first-order chi connectivity index (χ1) is 12.5. The number of guanidine groups is 1. The summed E-state index contributed by atoms with van der Waals surface area (Å²) in [6.07, 6.45) is 1.91. The molecule has 0 aliphatic heterocycles. The fraction of sp³-hybridized carbons (Fsp3) is 0.444. The van der Waals surface area contributed by atoms with E-state index in [1.54, 1.807) is 42.6 Å². The maximum atomic E-state index is 12.2. The smallest absolute Gasteiger partial charge is 0.387 e. The molecule has 8 heteroatoms. The molecule has 0 radical (unpaired) electrons. The molecule has 2 rings (SSSR count). The van der Waals surface area contributed by atoms with E-state index in [2.05, 4.69) is 25.4 Å². The summed E-state index contributed by atoms with van der Waals surface area (Å²) < 4.78 is 28.7. The van der Waals surface area contributed by atoms with Gasteiger partial charge < -0.3 is 15.0 Å². The van der Waals surface area contributed by atoms with E-state index < -0.39 is 6.61 Å². The minimum absolute atomic E-state index is 0.159. The molecule has 0 amide bonds. The minimum Gasteiger partial charge on any atom is -0.435 e. The van der Waals surface area contributed by atoms with Crippen LogP contribution in [0.3, 0.4) is 0 Å². The van der Waals surface area contributed by atoms with Crippen molar-refractivity contribution in [2.24, 2.45) is 4.99 Å². The van der Waals surface area contributed by atoms with Gasteiger partial charge in [0.2, 0.25) is 0 Å². The molecule has 0 unspecified atom stereocenters. The summed E-state index contributed by atoms with van der Waals surface area (Å²) in [6.45, 7) is 0.609. The van der Waals surface area contributed by atoms with Gasteiger partial charge in [-0.1, -0.05) is 12.1 Å². The molecule has 0 spiro atoms. The molecule has 1 N–H and O–H groups in total. The Morgan fingerprint density at radius 3 is 2.65 bits per heavy atom. The van der Waals surface area contributed by atoms with Crippen molar-refractivity contribution in [2.45, 2.75) is 32.9 Å². The monoisotopic (exact) mass is 382 g/mol. The number of aromatic nitrogens is 1. The summed E-state index contributed by atoms with van der Waals surface area (Å²) in [4.78, 5) is 10.7. The Morgan fingerprint density at radius 2 is 2.08 bits per heavy atom. The highest BCUT2D eigenvalue weighted by atomic mass is 32.1. The fourth-order valence-electron chi connectivity index (χ4n) is 2.47. The minimum atomic E-state index is -2.81. The molecule has 0 saturated carbocycles. The van der Waals surface area contributed by atoms with Crippen molar-refractivity contribution < 1.29 is 13.5 Å². The number of nitrogens with one attached hydrogen (secondary N) is 1. The van der Waals surface area contributed by atoms with Crippen molar-refractivity contribution in [1.82, 2.24) is 15.2 Å². The number of thiazole rings is 1. The van der Waals surface area contributed by atoms with Gasteiger partial charge in [-0.3, -0.25) is 4.99 Å². The number of ether oxygens (including phenoxy) is 1. The molecular weight excluding hydrogens is 358 g/mol. The molecular formula is C18H24F2N4OS. The number of aryl methyl sites for hydroxylation is 2. The molecule has 0 bridgehead atoms. The first kappa shape index (κ1) is 20.1. The number of benzene rings is 1. The van der Waals surface area contributed by atoms with E-state index in [1.807, 2.05) is 18.9 Å². The van der Waals surface area contributed by atoms with Crippen LogP contribution in [0.15, 0.2) is 34.6 Å². The van der Waals surface area contributed by atoms with Gasteiger partial charge in [0.25, 0.3) is 0 Å². The third kappa shape index (κ3) is 6.59. The predicted octanol–water partition coefficient (Wildman–Crippen LogP) is 3.69. The standard InChI is InChI=1S/C18H24F2N4OS/c1-13-12-26-16(23-13)5-4-10-22-18(21-2)24(3)11-14-6-8-15(9-7-14)25-17(19)20/h6-9,12,17H,4-5,10-11H2,1-3H3,(H,21,22). The van der Waals surface area contributed by atoms with Crippen molar-refractivity contribution in [1.29, 1.82) is 0 Å². The van der Waals surface area contributed by atoms with Gasteiger partial charge >= 0.3 is 6.61 Å². The summed E-state index contributed by atoms with van der Waals surface area (Å²) in [6, 6.07) is 6.63. The molecule has 0 aliphatic carbocycles. The molecule has 2 aromatic rings. The molecule has 0 fully saturated rings. The number of rotatable bonds is 8. The Hall–Kier alpha value is -2.22. The Morgan fingerprint density at radius 1 is 1.35 bits per heavy atom. The lowest BCUT2D eigenvalue weighted by Gasteiger charge is -2.22. The van der Waals surface area contributed by atoms with Gasteiger partial charge in [-0.25, -0.2) is 4.98 Å². The lowest BCUT2D eigenvalue weighted by Crippen LogP contribution is -2.39. The molecule has 1 aromatic carbocycles. The fourth-order valence-corrected chi connectivity index (χ4v) is 3.29. The van der Waals surface area contributed by atoms with Gasteiger partial charge in [-0.05, 0) is 31.0 Å². The normalized spacial score (nSPS) is 11.7. The third-order valence-corrected chi connectivity index (χ3v) is 4.69. The highest BCUT2D eigenvalue weighted by Crippen LogP contribution is 2.16. The lowest BCUT2D eigenvalue weighted by molar-refractivity contribution is -0.0498. The number of halogens is 2. The summed E-state index contributed by atoms with van der Waals surface area (Å²) in [5.41, 5.74) is 2.05. The van der Waals surface area contributed by atoms with Gasteiger partial charge in [0.1, 0.15) is 5.75 Å². The van der Waals surface area contributed by atoms with Gasteiger partial charge in [0.05, 0.1) is 5.01 Å². The Labute approximate surface area is 156 Å². The van der Waals surface area contributed by atoms with Crippen LogP contribution in [-0.4, -0.2) is 43.1 Å². The van der Waals surface area contributed by atoms with E-state index in [0.29, 0.717) is 6.54 Å². The van der Waals surface area contributed by atoms with Crippen LogP contribution < -0.4 is 10.1 Å². The zero-order chi connectivity index (χ0) is 18.9. The molecule has 1 aromatic heterocycles. The predicted molar refractivity (Wildman–Crippen MR) is 101 cm³/mol. The largest absolute Gasteiger partial charge is 0.435 e. The molecule has 0 saturated heterocycles. The Kier molecular flexibility index (Phi) is 7.77. The Balaban J connectivity index is 1.77. The van der Waals surface area contributed by atoms with Crippen LogP contribution >= 0.6 is 11.3 Å². The topological polar surface area (TPSA) is 49.8 Å². The van der Waals surface area contributed by atoms with Crippen LogP contribution in [0.25, 0.3) is 0 Å². The van der Waals surface area contributed by atoms with Gasteiger partial charge in [-0.15, -0.1) is 11.3 Å². The quantitative estimate of drug-likeness (QED) is 0.430. The second kappa shape index (κ2) is 10.1. The van der Waals surface area contributed by atoms with E-state index in [-0.39, 0.29) is 5.75 Å². The zero-order valence-electron chi connectivity index (χ0n) is 15.2. The van der Waals surface area contributed by atoms with Crippen molar-refractivity contribution in [2.75, 3.05) is 20.6 Å². The summed E-state index contributed by atoms with van der Waals surface area (Å²) in [7, 11) is 3.67. The van der Waals surface area contributed by atoms with E-state index >= 15 is 0 Å². The number of nitrogens with zero attached hydrogens (tertiary/aromatic N) is 3. The van der Waals surface area contributed by atoms with Crippen LogP contribution in [0.2, 0.25) is 0 Å².